The van der Waals surface area contributed by atoms with Crippen LogP contribution in [0.25, 0.3) is 0 Å². The Labute approximate surface area is 143 Å². The molecule has 0 atom stereocenters. The number of nitrogens with zero attached hydrogens (tertiary/aromatic N) is 2. The Morgan fingerprint density at radius 2 is 1.88 bits per heavy atom. The fourth-order valence-corrected chi connectivity index (χ4v) is 2.52. The first kappa shape index (κ1) is 18.1. The molecule has 5 heteroatoms. The number of amides is 1. The van der Waals surface area contributed by atoms with Crippen LogP contribution in [0.2, 0.25) is 0 Å². The second-order valence-electron chi connectivity index (χ2n) is 6.58. The van der Waals surface area contributed by atoms with E-state index in [4.69, 9.17) is 0 Å². The Morgan fingerprint density at radius 1 is 1.17 bits per heavy atom. The van der Waals surface area contributed by atoms with E-state index >= 15 is 0 Å². The molecule has 1 heterocycles. The Hall–Kier alpha value is -2.24. The molecule has 2 rings (SSSR count). The molecule has 128 valence electrons. The van der Waals surface area contributed by atoms with E-state index in [1.165, 1.54) is 0 Å². The van der Waals surface area contributed by atoms with Crippen molar-refractivity contribution in [3.8, 4) is 0 Å². The van der Waals surface area contributed by atoms with Crippen molar-refractivity contribution in [1.29, 1.82) is 0 Å². The molecular weight excluding hydrogens is 302 g/mol. The molecule has 1 amide bonds. The van der Waals surface area contributed by atoms with Crippen molar-refractivity contribution in [3.63, 3.8) is 0 Å². The highest BCUT2D eigenvalue weighted by atomic mass is 16.3. The predicted molar refractivity (Wildman–Crippen MR) is 94.1 cm³/mol. The lowest BCUT2D eigenvalue weighted by atomic mass is 10.1. The number of carbonyl (C=O) groups is 1. The maximum absolute atomic E-state index is 12.2. The summed E-state index contributed by atoms with van der Waals surface area (Å²) in [6.07, 6.45) is 3.44. The summed E-state index contributed by atoms with van der Waals surface area (Å²) in [5.41, 5.74) is 1.21. The van der Waals surface area contributed by atoms with Crippen LogP contribution in [0.1, 0.15) is 25.0 Å². The molecule has 24 heavy (non-hydrogen) atoms. The number of aliphatic hydroxyl groups is 1. The zero-order chi connectivity index (χ0) is 17.4. The van der Waals surface area contributed by atoms with Crippen LogP contribution in [-0.4, -0.2) is 39.6 Å². The molecule has 0 unspecified atom stereocenters. The summed E-state index contributed by atoms with van der Waals surface area (Å²) in [5, 5.41) is 13.0. The van der Waals surface area contributed by atoms with Crippen LogP contribution in [0.5, 0.6) is 0 Å². The van der Waals surface area contributed by atoms with Crippen LogP contribution in [0.3, 0.4) is 0 Å². The largest absolute Gasteiger partial charge is 0.389 e. The van der Waals surface area contributed by atoms with Crippen molar-refractivity contribution in [2.24, 2.45) is 0 Å². The fraction of sp³-hybridized carbons (Fsp3) is 0.368. The van der Waals surface area contributed by atoms with E-state index in [2.05, 4.69) is 10.3 Å². The summed E-state index contributed by atoms with van der Waals surface area (Å²) in [4.78, 5) is 18.2. The maximum atomic E-state index is 12.2. The molecule has 0 saturated heterocycles. The van der Waals surface area contributed by atoms with E-state index < -0.39 is 5.60 Å². The minimum Gasteiger partial charge on any atom is -0.389 e. The van der Waals surface area contributed by atoms with Crippen molar-refractivity contribution < 1.29 is 9.90 Å². The molecule has 1 aromatic carbocycles. The third-order valence-corrected chi connectivity index (χ3v) is 3.44. The van der Waals surface area contributed by atoms with Gasteiger partial charge in [0.2, 0.25) is 5.91 Å². The van der Waals surface area contributed by atoms with E-state index in [1.807, 2.05) is 47.4 Å². The third-order valence-electron chi connectivity index (χ3n) is 3.44. The van der Waals surface area contributed by atoms with Gasteiger partial charge >= 0.3 is 0 Å². The van der Waals surface area contributed by atoms with Crippen LogP contribution in [0.15, 0.2) is 54.9 Å². The maximum Gasteiger partial charge on any atom is 0.234 e. The lowest BCUT2D eigenvalue weighted by Gasteiger charge is -2.28. The highest BCUT2D eigenvalue weighted by molar-refractivity contribution is 5.78. The van der Waals surface area contributed by atoms with Crippen LogP contribution >= 0.6 is 0 Å². The smallest absolute Gasteiger partial charge is 0.234 e. The highest BCUT2D eigenvalue weighted by Gasteiger charge is 2.20. The molecule has 0 spiro atoms. The molecule has 0 fully saturated rings. The van der Waals surface area contributed by atoms with Gasteiger partial charge in [-0.3, -0.25) is 14.7 Å². The summed E-state index contributed by atoms with van der Waals surface area (Å²) in [7, 11) is 0. The van der Waals surface area contributed by atoms with Crippen molar-refractivity contribution >= 4 is 5.91 Å². The van der Waals surface area contributed by atoms with E-state index in [1.54, 1.807) is 26.2 Å². The van der Waals surface area contributed by atoms with E-state index in [0.717, 1.165) is 11.1 Å². The fourth-order valence-electron chi connectivity index (χ4n) is 2.52. The van der Waals surface area contributed by atoms with Crippen LogP contribution in [0.4, 0.5) is 0 Å². The number of hydrogen-bond donors (Lipinski definition) is 2. The molecule has 0 aliphatic carbocycles. The first-order valence-corrected chi connectivity index (χ1v) is 8.07. The average Bonchev–Trinajstić information content (AvgIpc) is 2.53. The van der Waals surface area contributed by atoms with Crippen LogP contribution < -0.4 is 5.32 Å². The molecular formula is C19H25N3O2. The van der Waals surface area contributed by atoms with E-state index in [-0.39, 0.29) is 12.5 Å². The molecule has 5 nitrogen and oxygen atoms in total. The van der Waals surface area contributed by atoms with Gasteiger partial charge in [-0.1, -0.05) is 36.4 Å². The summed E-state index contributed by atoms with van der Waals surface area (Å²) < 4.78 is 0. The van der Waals surface area contributed by atoms with Crippen LogP contribution in [0, 0.1) is 0 Å². The summed E-state index contributed by atoms with van der Waals surface area (Å²) in [5.74, 6) is -0.0703. The normalized spacial score (nSPS) is 11.5. The second-order valence-corrected chi connectivity index (χ2v) is 6.58. The Morgan fingerprint density at radius 3 is 2.50 bits per heavy atom. The topological polar surface area (TPSA) is 65.5 Å². The number of aromatic nitrogens is 1. The van der Waals surface area contributed by atoms with Crippen LogP contribution in [-0.2, 0) is 17.9 Å². The first-order valence-electron chi connectivity index (χ1n) is 8.07. The standard InChI is InChI=1S/C19H25N3O2/c1-19(2,24)15-22(13-16-7-4-3-5-8-16)14-18(23)21-12-17-9-6-10-20-11-17/h3-11,24H,12-15H2,1-2H3,(H,21,23). The van der Waals surface area contributed by atoms with Gasteiger partial charge in [-0.25, -0.2) is 0 Å². The molecule has 2 N–H and O–H groups in total. The van der Waals surface area contributed by atoms with E-state index in [9.17, 15) is 9.90 Å². The minimum atomic E-state index is -0.863. The summed E-state index contributed by atoms with van der Waals surface area (Å²) >= 11 is 0. The van der Waals surface area contributed by atoms with Crippen molar-refractivity contribution in [2.75, 3.05) is 13.1 Å². The van der Waals surface area contributed by atoms with Gasteiger partial charge in [0, 0.05) is 32.0 Å². The molecule has 0 bridgehead atoms. The number of rotatable bonds is 8. The first-order chi connectivity index (χ1) is 11.4. The van der Waals surface area contributed by atoms with Gasteiger partial charge in [0.25, 0.3) is 0 Å². The quantitative estimate of drug-likeness (QED) is 0.778. The van der Waals surface area contributed by atoms with Gasteiger partial charge in [-0.15, -0.1) is 0 Å². The molecule has 0 aliphatic heterocycles. The van der Waals surface area contributed by atoms with Crippen molar-refractivity contribution in [1.82, 2.24) is 15.2 Å². The zero-order valence-corrected chi connectivity index (χ0v) is 14.3. The average molecular weight is 327 g/mol. The van der Waals surface area contributed by atoms with Gasteiger partial charge in [-0.05, 0) is 31.0 Å². The number of benzene rings is 1. The lowest BCUT2D eigenvalue weighted by molar-refractivity contribution is -0.123. The number of pyridine rings is 1. The molecule has 1 aromatic heterocycles. The third kappa shape index (κ3) is 6.89. The molecule has 0 radical (unpaired) electrons. The number of carbonyl (C=O) groups excluding carboxylic acids is 1. The minimum absolute atomic E-state index is 0.0703. The summed E-state index contributed by atoms with van der Waals surface area (Å²) in [6.45, 7) is 5.22. The Balaban J connectivity index is 1.92. The molecule has 2 aromatic rings. The number of nitrogens with one attached hydrogen (secondary N) is 1. The van der Waals surface area contributed by atoms with Gasteiger partial charge < -0.3 is 10.4 Å². The van der Waals surface area contributed by atoms with E-state index in [0.29, 0.717) is 19.6 Å². The predicted octanol–water partition coefficient (Wildman–Crippen LogP) is 1.97. The Kier molecular flexibility index (Phi) is 6.46. The molecule has 0 saturated carbocycles. The second kappa shape index (κ2) is 8.57. The highest BCUT2D eigenvalue weighted by Crippen LogP contribution is 2.10. The van der Waals surface area contributed by atoms with Gasteiger partial charge in [0.1, 0.15) is 0 Å². The SMILES string of the molecule is CC(C)(O)CN(CC(=O)NCc1cccnc1)Cc1ccccc1. The van der Waals surface area contributed by atoms with Gasteiger partial charge in [0.15, 0.2) is 0 Å². The van der Waals surface area contributed by atoms with Crippen molar-refractivity contribution in [2.45, 2.75) is 32.5 Å². The Bertz CT molecular complexity index is 624. The summed E-state index contributed by atoms with van der Waals surface area (Å²) in [6, 6.07) is 13.7. The lowest BCUT2D eigenvalue weighted by Crippen LogP contribution is -2.43. The van der Waals surface area contributed by atoms with Crippen molar-refractivity contribution in [3.05, 3.63) is 66.0 Å². The number of hydrogen-bond acceptors (Lipinski definition) is 4. The molecule has 0 aliphatic rings. The van der Waals surface area contributed by atoms with Gasteiger partial charge in [0.05, 0.1) is 12.1 Å². The van der Waals surface area contributed by atoms with Gasteiger partial charge in [-0.2, -0.15) is 0 Å². The zero-order valence-electron chi connectivity index (χ0n) is 14.3. The monoisotopic (exact) mass is 327 g/mol.